The van der Waals surface area contributed by atoms with E-state index in [2.05, 4.69) is 20.9 Å². The molecule has 0 aliphatic heterocycles. The molecule has 0 radical (unpaired) electrons. The molecule has 1 unspecified atom stereocenters. The van der Waals surface area contributed by atoms with Gasteiger partial charge in [0.25, 0.3) is 0 Å². The van der Waals surface area contributed by atoms with Crippen molar-refractivity contribution in [3.05, 3.63) is 16.1 Å². The summed E-state index contributed by atoms with van der Waals surface area (Å²) in [6, 6.07) is 0.112. The first kappa shape index (κ1) is 15.7. The van der Waals surface area contributed by atoms with Gasteiger partial charge in [-0.25, -0.2) is 14.6 Å². The van der Waals surface area contributed by atoms with Gasteiger partial charge in [0.1, 0.15) is 5.01 Å². The van der Waals surface area contributed by atoms with Gasteiger partial charge in [-0.05, 0) is 32.7 Å². The summed E-state index contributed by atoms with van der Waals surface area (Å²) in [6.45, 7) is 3.30. The molecule has 1 aromatic heterocycles. The van der Waals surface area contributed by atoms with Crippen molar-refractivity contribution < 1.29 is 14.7 Å². The minimum Gasteiger partial charge on any atom is -0.476 e. The normalized spacial score (nSPS) is 15.5. The van der Waals surface area contributed by atoms with E-state index in [0.717, 1.165) is 13.0 Å². The molecule has 4 N–H and O–H groups in total. The molecule has 7 nitrogen and oxygen atoms in total. The van der Waals surface area contributed by atoms with Gasteiger partial charge >= 0.3 is 12.0 Å². The van der Waals surface area contributed by atoms with Gasteiger partial charge in [0.2, 0.25) is 0 Å². The molecule has 21 heavy (non-hydrogen) atoms. The maximum absolute atomic E-state index is 11.7. The number of hydrogen-bond donors (Lipinski definition) is 4. The number of aromatic nitrogens is 1. The van der Waals surface area contributed by atoms with E-state index in [9.17, 15) is 9.59 Å². The van der Waals surface area contributed by atoms with Crippen molar-refractivity contribution in [3.63, 3.8) is 0 Å². The Balaban J connectivity index is 1.64. The highest BCUT2D eigenvalue weighted by Gasteiger charge is 2.19. The van der Waals surface area contributed by atoms with Gasteiger partial charge in [-0.3, -0.25) is 0 Å². The highest BCUT2D eigenvalue weighted by atomic mass is 32.1. The fraction of sp³-hybridized carbons (Fsp3) is 0.615. The Morgan fingerprint density at radius 3 is 2.86 bits per heavy atom. The van der Waals surface area contributed by atoms with E-state index >= 15 is 0 Å². The lowest BCUT2D eigenvalue weighted by molar-refractivity contribution is 0.0691. The van der Waals surface area contributed by atoms with E-state index in [-0.39, 0.29) is 17.8 Å². The Morgan fingerprint density at radius 2 is 2.24 bits per heavy atom. The van der Waals surface area contributed by atoms with Crippen molar-refractivity contribution >= 4 is 23.3 Å². The van der Waals surface area contributed by atoms with Gasteiger partial charge in [-0.1, -0.05) is 0 Å². The minimum absolute atomic E-state index is 0.00945. The van der Waals surface area contributed by atoms with Crippen LogP contribution in [0.25, 0.3) is 0 Å². The zero-order valence-corrected chi connectivity index (χ0v) is 12.7. The van der Waals surface area contributed by atoms with E-state index in [1.807, 2.05) is 0 Å². The second kappa shape index (κ2) is 7.37. The van der Waals surface area contributed by atoms with Crippen LogP contribution in [0.4, 0.5) is 4.79 Å². The first-order chi connectivity index (χ1) is 10.1. The number of carboxylic acids is 1. The molecular formula is C13H20N4O3S. The van der Waals surface area contributed by atoms with Crippen molar-refractivity contribution in [1.29, 1.82) is 0 Å². The second-order valence-electron chi connectivity index (χ2n) is 5.08. The number of rotatable bonds is 8. The molecule has 1 aliphatic rings. The topological polar surface area (TPSA) is 103 Å². The molecule has 1 fully saturated rings. The first-order valence-electron chi connectivity index (χ1n) is 7.02. The Morgan fingerprint density at radius 1 is 1.48 bits per heavy atom. The molecule has 2 amide bonds. The number of amides is 2. The predicted octanol–water partition coefficient (Wildman–Crippen LogP) is 1.34. The lowest BCUT2D eigenvalue weighted by Gasteiger charge is -2.12. The number of nitrogens with zero attached hydrogens (tertiary/aromatic N) is 1. The number of aromatic carboxylic acids is 1. The molecule has 2 rings (SSSR count). The summed E-state index contributed by atoms with van der Waals surface area (Å²) in [4.78, 5) is 26.4. The molecule has 1 heterocycles. The van der Waals surface area contributed by atoms with E-state index in [4.69, 9.17) is 5.11 Å². The molecule has 1 aromatic rings. The molecule has 1 aliphatic carbocycles. The Bertz CT molecular complexity index is 501. The summed E-state index contributed by atoms with van der Waals surface area (Å²) >= 11 is 1.23. The van der Waals surface area contributed by atoms with Crippen LogP contribution in [-0.2, 0) is 0 Å². The van der Waals surface area contributed by atoms with Gasteiger partial charge in [-0.2, -0.15) is 0 Å². The maximum atomic E-state index is 11.7. The molecule has 0 bridgehead atoms. The van der Waals surface area contributed by atoms with Crippen molar-refractivity contribution in [2.24, 2.45) is 0 Å². The van der Waals surface area contributed by atoms with Crippen LogP contribution in [-0.4, -0.2) is 41.2 Å². The van der Waals surface area contributed by atoms with Crippen molar-refractivity contribution in [1.82, 2.24) is 20.9 Å². The fourth-order valence-electron chi connectivity index (χ4n) is 1.78. The highest BCUT2D eigenvalue weighted by molar-refractivity contribution is 7.09. The molecule has 0 aromatic carbocycles. The van der Waals surface area contributed by atoms with Gasteiger partial charge < -0.3 is 21.1 Å². The smallest absolute Gasteiger partial charge is 0.355 e. The number of carboxylic acid groups (broad SMARTS) is 1. The number of carbonyl (C=O) groups excluding carboxylic acids is 1. The summed E-state index contributed by atoms with van der Waals surface area (Å²) in [5.74, 6) is -1.06. The monoisotopic (exact) mass is 312 g/mol. The largest absolute Gasteiger partial charge is 0.476 e. The van der Waals surface area contributed by atoms with Crippen LogP contribution in [0.3, 0.4) is 0 Å². The van der Waals surface area contributed by atoms with Crippen LogP contribution in [0.1, 0.15) is 47.7 Å². The van der Waals surface area contributed by atoms with Crippen molar-refractivity contribution in [3.8, 4) is 0 Å². The second-order valence-corrected chi connectivity index (χ2v) is 5.97. The Labute approximate surface area is 127 Å². The zero-order chi connectivity index (χ0) is 15.2. The number of thiazole rings is 1. The third kappa shape index (κ3) is 5.31. The lowest BCUT2D eigenvalue weighted by Crippen LogP contribution is -2.38. The predicted molar refractivity (Wildman–Crippen MR) is 79.7 cm³/mol. The standard InChI is InChI=1S/C13H20N4O3S/c1-8(11-17-10(7-21-11)12(18)19)16-13(20)15-6-2-5-14-9-3-4-9/h7-9,14H,2-6H2,1H3,(H,18,19)(H2,15,16,20). The van der Waals surface area contributed by atoms with Crippen LogP contribution in [0.2, 0.25) is 0 Å². The molecule has 0 spiro atoms. The molecule has 0 saturated heterocycles. The summed E-state index contributed by atoms with van der Waals surface area (Å²) in [7, 11) is 0. The minimum atomic E-state index is -1.06. The van der Waals surface area contributed by atoms with E-state index in [0.29, 0.717) is 17.6 Å². The fourth-order valence-corrected chi connectivity index (χ4v) is 2.58. The van der Waals surface area contributed by atoms with Gasteiger partial charge in [-0.15, -0.1) is 11.3 Å². The summed E-state index contributed by atoms with van der Waals surface area (Å²) in [5, 5.41) is 19.8. The van der Waals surface area contributed by atoms with Crippen LogP contribution in [0, 0.1) is 0 Å². The Kier molecular flexibility index (Phi) is 5.51. The number of nitrogens with one attached hydrogen (secondary N) is 3. The molecule has 1 saturated carbocycles. The third-order valence-electron chi connectivity index (χ3n) is 3.11. The molecule has 8 heteroatoms. The zero-order valence-electron chi connectivity index (χ0n) is 11.9. The summed E-state index contributed by atoms with van der Waals surface area (Å²) < 4.78 is 0. The quantitative estimate of drug-likeness (QED) is 0.542. The average molecular weight is 312 g/mol. The van der Waals surface area contributed by atoms with E-state index < -0.39 is 5.97 Å². The average Bonchev–Trinajstić information content (AvgIpc) is 3.11. The van der Waals surface area contributed by atoms with Crippen LogP contribution in [0.15, 0.2) is 5.38 Å². The third-order valence-corrected chi connectivity index (χ3v) is 4.14. The van der Waals surface area contributed by atoms with Gasteiger partial charge in [0, 0.05) is 18.0 Å². The Hall–Kier alpha value is -1.67. The maximum Gasteiger partial charge on any atom is 0.355 e. The SMILES string of the molecule is CC(NC(=O)NCCCNC1CC1)c1nc(C(=O)O)cs1. The number of hydrogen-bond acceptors (Lipinski definition) is 5. The van der Waals surface area contributed by atoms with Crippen LogP contribution >= 0.6 is 11.3 Å². The van der Waals surface area contributed by atoms with E-state index in [1.165, 1.54) is 29.6 Å². The van der Waals surface area contributed by atoms with Gasteiger partial charge in [0.05, 0.1) is 6.04 Å². The molecule has 1 atom stereocenters. The van der Waals surface area contributed by atoms with Crippen molar-refractivity contribution in [2.75, 3.05) is 13.1 Å². The van der Waals surface area contributed by atoms with Crippen LogP contribution in [0.5, 0.6) is 0 Å². The first-order valence-corrected chi connectivity index (χ1v) is 7.90. The summed E-state index contributed by atoms with van der Waals surface area (Å²) in [5.41, 5.74) is 0.00945. The summed E-state index contributed by atoms with van der Waals surface area (Å²) in [6.07, 6.45) is 3.41. The lowest BCUT2D eigenvalue weighted by atomic mass is 10.3. The van der Waals surface area contributed by atoms with Crippen molar-refractivity contribution in [2.45, 2.75) is 38.3 Å². The van der Waals surface area contributed by atoms with E-state index in [1.54, 1.807) is 6.92 Å². The molecule has 116 valence electrons. The van der Waals surface area contributed by atoms with Gasteiger partial charge in [0.15, 0.2) is 5.69 Å². The number of carbonyl (C=O) groups is 2. The number of urea groups is 1. The van der Waals surface area contributed by atoms with Crippen LogP contribution < -0.4 is 16.0 Å². The highest BCUT2D eigenvalue weighted by Crippen LogP contribution is 2.18. The molecular weight excluding hydrogens is 292 g/mol.